The third-order valence-corrected chi connectivity index (χ3v) is 5.54. The molecule has 2 N–H and O–H groups in total. The standard InChI is InChI=1S/C15H25N3O3/c1-11-8-17-7-2-4-12(17)9-18(11)14(21)16-10-15(13(19)20)5-3-6-15/h11-12H,2-10H2,1H3,(H,16,21)(H,19,20). The number of rotatable bonds is 3. The van der Waals surface area contributed by atoms with E-state index in [1.807, 2.05) is 4.90 Å². The van der Waals surface area contributed by atoms with E-state index in [0.29, 0.717) is 18.9 Å². The van der Waals surface area contributed by atoms with Crippen molar-refractivity contribution in [1.29, 1.82) is 0 Å². The van der Waals surface area contributed by atoms with Crippen LogP contribution >= 0.6 is 0 Å². The molecule has 118 valence electrons. The second-order valence-corrected chi connectivity index (χ2v) is 6.89. The number of carboxylic acids is 1. The van der Waals surface area contributed by atoms with Crippen LogP contribution in [0, 0.1) is 5.41 Å². The van der Waals surface area contributed by atoms with Gasteiger partial charge in [0.25, 0.3) is 0 Å². The summed E-state index contributed by atoms with van der Waals surface area (Å²) in [4.78, 5) is 28.1. The van der Waals surface area contributed by atoms with E-state index < -0.39 is 11.4 Å². The van der Waals surface area contributed by atoms with Gasteiger partial charge in [-0.3, -0.25) is 9.69 Å². The summed E-state index contributed by atoms with van der Waals surface area (Å²) in [6.45, 7) is 5.19. The highest BCUT2D eigenvalue weighted by atomic mass is 16.4. The number of amides is 2. The lowest BCUT2D eigenvalue weighted by Crippen LogP contribution is -2.60. The van der Waals surface area contributed by atoms with Gasteiger partial charge < -0.3 is 15.3 Å². The van der Waals surface area contributed by atoms with Gasteiger partial charge in [-0.2, -0.15) is 0 Å². The Bertz CT molecular complexity index is 436. The second-order valence-electron chi connectivity index (χ2n) is 6.89. The van der Waals surface area contributed by atoms with Crippen LogP contribution in [-0.4, -0.2) is 65.2 Å². The van der Waals surface area contributed by atoms with Crippen LogP contribution in [0.3, 0.4) is 0 Å². The lowest BCUT2D eigenvalue weighted by atomic mass is 9.69. The summed E-state index contributed by atoms with van der Waals surface area (Å²) in [7, 11) is 0. The van der Waals surface area contributed by atoms with Gasteiger partial charge in [-0.1, -0.05) is 6.42 Å². The number of fused-ring (bicyclic) bond motifs is 1. The molecule has 1 aliphatic carbocycles. The number of carbonyl (C=O) groups is 2. The number of urea groups is 1. The number of carbonyl (C=O) groups excluding carboxylic acids is 1. The minimum Gasteiger partial charge on any atom is -0.481 e. The predicted molar refractivity (Wildman–Crippen MR) is 78.1 cm³/mol. The van der Waals surface area contributed by atoms with Crippen LogP contribution in [0.25, 0.3) is 0 Å². The summed E-state index contributed by atoms with van der Waals surface area (Å²) in [5.74, 6) is -0.775. The van der Waals surface area contributed by atoms with Gasteiger partial charge in [0.1, 0.15) is 0 Å². The van der Waals surface area contributed by atoms with E-state index in [0.717, 1.165) is 32.5 Å². The maximum atomic E-state index is 12.4. The third kappa shape index (κ3) is 2.61. The quantitative estimate of drug-likeness (QED) is 0.818. The first-order chi connectivity index (χ1) is 10.0. The summed E-state index contributed by atoms with van der Waals surface area (Å²) >= 11 is 0. The molecule has 6 nitrogen and oxygen atoms in total. The van der Waals surface area contributed by atoms with Crippen LogP contribution in [0.1, 0.15) is 39.0 Å². The zero-order chi connectivity index (χ0) is 15.0. The van der Waals surface area contributed by atoms with E-state index >= 15 is 0 Å². The van der Waals surface area contributed by atoms with E-state index in [-0.39, 0.29) is 18.6 Å². The van der Waals surface area contributed by atoms with E-state index in [1.165, 1.54) is 6.42 Å². The van der Waals surface area contributed by atoms with E-state index in [2.05, 4.69) is 17.1 Å². The Morgan fingerprint density at radius 1 is 1.29 bits per heavy atom. The molecule has 3 fully saturated rings. The smallest absolute Gasteiger partial charge is 0.317 e. The normalized spacial score (nSPS) is 31.4. The molecule has 0 bridgehead atoms. The minimum absolute atomic E-state index is 0.0958. The van der Waals surface area contributed by atoms with Crippen LogP contribution in [-0.2, 0) is 4.79 Å². The third-order valence-electron chi connectivity index (χ3n) is 5.54. The maximum absolute atomic E-state index is 12.4. The fourth-order valence-electron chi connectivity index (χ4n) is 3.89. The Labute approximate surface area is 125 Å². The van der Waals surface area contributed by atoms with Crippen LogP contribution in [0.5, 0.6) is 0 Å². The first kappa shape index (κ1) is 14.6. The summed E-state index contributed by atoms with van der Waals surface area (Å²) in [5, 5.41) is 12.2. The molecule has 6 heteroatoms. The average Bonchev–Trinajstić information content (AvgIpc) is 2.82. The maximum Gasteiger partial charge on any atom is 0.317 e. The molecule has 3 aliphatic rings. The van der Waals surface area contributed by atoms with Crippen molar-refractivity contribution in [3.05, 3.63) is 0 Å². The monoisotopic (exact) mass is 295 g/mol. The summed E-state index contributed by atoms with van der Waals surface area (Å²) in [5.41, 5.74) is -0.714. The summed E-state index contributed by atoms with van der Waals surface area (Å²) in [6, 6.07) is 0.590. The zero-order valence-corrected chi connectivity index (χ0v) is 12.7. The largest absolute Gasteiger partial charge is 0.481 e. The van der Waals surface area contributed by atoms with Crippen molar-refractivity contribution in [2.75, 3.05) is 26.2 Å². The molecular weight excluding hydrogens is 270 g/mol. The number of hydrogen-bond acceptors (Lipinski definition) is 3. The van der Waals surface area contributed by atoms with Gasteiger partial charge in [0, 0.05) is 31.7 Å². The molecule has 2 aliphatic heterocycles. The number of nitrogens with zero attached hydrogens (tertiary/aromatic N) is 2. The number of aliphatic carboxylic acids is 1. The van der Waals surface area contributed by atoms with Gasteiger partial charge in [-0.05, 0) is 39.2 Å². The molecule has 0 spiro atoms. The van der Waals surface area contributed by atoms with E-state index in [4.69, 9.17) is 0 Å². The lowest BCUT2D eigenvalue weighted by Gasteiger charge is -2.43. The average molecular weight is 295 g/mol. The molecular formula is C15H25N3O3. The molecule has 0 aromatic rings. The van der Waals surface area contributed by atoms with Gasteiger partial charge in [-0.15, -0.1) is 0 Å². The fraction of sp³-hybridized carbons (Fsp3) is 0.867. The van der Waals surface area contributed by atoms with Crippen LogP contribution in [0.4, 0.5) is 4.79 Å². The van der Waals surface area contributed by atoms with E-state index in [9.17, 15) is 14.7 Å². The highest BCUT2D eigenvalue weighted by Crippen LogP contribution is 2.40. The Morgan fingerprint density at radius 3 is 2.67 bits per heavy atom. The molecule has 0 aromatic carbocycles. The molecule has 1 saturated carbocycles. The highest BCUT2D eigenvalue weighted by molar-refractivity contribution is 5.79. The van der Waals surface area contributed by atoms with Gasteiger partial charge in [-0.25, -0.2) is 4.79 Å². The number of carboxylic acid groups (broad SMARTS) is 1. The Hall–Kier alpha value is -1.30. The van der Waals surface area contributed by atoms with Crippen LogP contribution in [0.15, 0.2) is 0 Å². The van der Waals surface area contributed by atoms with Crippen molar-refractivity contribution < 1.29 is 14.7 Å². The molecule has 2 heterocycles. The second kappa shape index (κ2) is 5.48. The van der Waals surface area contributed by atoms with E-state index in [1.54, 1.807) is 0 Å². The van der Waals surface area contributed by atoms with Gasteiger partial charge >= 0.3 is 12.0 Å². The first-order valence-electron chi connectivity index (χ1n) is 8.04. The number of nitrogens with one attached hydrogen (secondary N) is 1. The topological polar surface area (TPSA) is 72.9 Å². The van der Waals surface area contributed by atoms with Crippen LogP contribution in [0.2, 0.25) is 0 Å². The number of piperazine rings is 1. The molecule has 21 heavy (non-hydrogen) atoms. The fourth-order valence-corrected chi connectivity index (χ4v) is 3.89. The van der Waals surface area contributed by atoms with Crippen molar-refractivity contribution in [3.8, 4) is 0 Å². The highest BCUT2D eigenvalue weighted by Gasteiger charge is 2.45. The molecule has 0 radical (unpaired) electrons. The molecule has 3 rings (SSSR count). The lowest BCUT2D eigenvalue weighted by molar-refractivity contribution is -0.153. The van der Waals surface area contributed by atoms with Crippen molar-refractivity contribution in [2.24, 2.45) is 5.41 Å². The Kier molecular flexibility index (Phi) is 3.82. The summed E-state index contributed by atoms with van der Waals surface area (Å²) < 4.78 is 0. The molecule has 2 amide bonds. The van der Waals surface area contributed by atoms with Crippen molar-refractivity contribution in [1.82, 2.24) is 15.1 Å². The van der Waals surface area contributed by atoms with Crippen LogP contribution < -0.4 is 5.32 Å². The minimum atomic E-state index is -0.775. The first-order valence-corrected chi connectivity index (χ1v) is 8.04. The Balaban J connectivity index is 1.56. The SMILES string of the molecule is CC1CN2CCCC2CN1C(=O)NCC1(C(=O)O)CCC1. The van der Waals surface area contributed by atoms with Gasteiger partial charge in [0.15, 0.2) is 0 Å². The molecule has 0 aromatic heterocycles. The number of hydrogen-bond donors (Lipinski definition) is 2. The Morgan fingerprint density at radius 2 is 2.05 bits per heavy atom. The predicted octanol–water partition coefficient (Wildman–Crippen LogP) is 1.12. The molecule has 2 atom stereocenters. The van der Waals surface area contributed by atoms with Crippen molar-refractivity contribution >= 4 is 12.0 Å². The van der Waals surface area contributed by atoms with Crippen molar-refractivity contribution in [2.45, 2.75) is 51.1 Å². The van der Waals surface area contributed by atoms with Gasteiger partial charge in [0.05, 0.1) is 5.41 Å². The molecule has 2 saturated heterocycles. The zero-order valence-electron chi connectivity index (χ0n) is 12.7. The van der Waals surface area contributed by atoms with Crippen molar-refractivity contribution in [3.63, 3.8) is 0 Å². The van der Waals surface area contributed by atoms with Gasteiger partial charge in [0.2, 0.25) is 0 Å². The summed E-state index contributed by atoms with van der Waals surface area (Å²) in [6.07, 6.45) is 4.67. The molecule has 2 unspecified atom stereocenters.